The fourth-order valence-electron chi connectivity index (χ4n) is 7.32. The Kier molecular flexibility index (Phi) is 6.38. The van der Waals surface area contributed by atoms with Crippen LogP contribution in [0.4, 0.5) is 5.69 Å². The molecular formula is C40H30N4. The molecule has 1 aromatic heterocycles. The van der Waals surface area contributed by atoms with Crippen molar-refractivity contribution in [2.24, 2.45) is 0 Å². The Balaban J connectivity index is 1.34. The van der Waals surface area contributed by atoms with Crippen molar-refractivity contribution in [3.8, 4) is 56.4 Å². The monoisotopic (exact) mass is 566 g/mol. The molecule has 0 unspecified atom stereocenters. The lowest BCUT2D eigenvalue weighted by atomic mass is 9.68. The van der Waals surface area contributed by atoms with Crippen LogP contribution in [0, 0.1) is 6.57 Å². The van der Waals surface area contributed by atoms with Crippen molar-refractivity contribution in [2.45, 2.75) is 37.5 Å². The van der Waals surface area contributed by atoms with E-state index in [0.717, 1.165) is 46.2 Å². The summed E-state index contributed by atoms with van der Waals surface area (Å²) in [5, 5.41) is 0. The second-order valence-corrected chi connectivity index (χ2v) is 11.8. The number of fused-ring (bicyclic) bond motifs is 5. The molecule has 0 saturated heterocycles. The lowest BCUT2D eigenvalue weighted by molar-refractivity contribution is 0.353. The Hall–Kier alpha value is -5.40. The number of benzene rings is 5. The van der Waals surface area contributed by atoms with Gasteiger partial charge in [-0.1, -0.05) is 141 Å². The second-order valence-electron chi connectivity index (χ2n) is 11.8. The van der Waals surface area contributed by atoms with Gasteiger partial charge in [-0.15, -0.1) is 0 Å². The van der Waals surface area contributed by atoms with E-state index >= 15 is 0 Å². The summed E-state index contributed by atoms with van der Waals surface area (Å²) in [5.41, 5.74) is 10.6. The Morgan fingerprint density at radius 3 is 1.66 bits per heavy atom. The maximum Gasteiger partial charge on any atom is 0.195 e. The maximum absolute atomic E-state index is 8.09. The fraction of sp³-hybridized carbons (Fsp3) is 0.150. The second kappa shape index (κ2) is 10.7. The van der Waals surface area contributed by atoms with Crippen LogP contribution in [-0.2, 0) is 5.41 Å². The third-order valence-electron chi connectivity index (χ3n) is 9.37. The minimum atomic E-state index is -0.0645. The van der Waals surface area contributed by atoms with Crippen molar-refractivity contribution < 1.29 is 0 Å². The molecule has 0 aliphatic heterocycles. The first-order valence-electron chi connectivity index (χ1n) is 15.4. The third kappa shape index (κ3) is 4.24. The Labute approximate surface area is 258 Å². The molecule has 1 heterocycles. The van der Waals surface area contributed by atoms with Crippen LogP contribution in [0.1, 0.15) is 43.2 Å². The van der Waals surface area contributed by atoms with Gasteiger partial charge in [0.15, 0.2) is 23.2 Å². The first-order chi connectivity index (χ1) is 21.7. The summed E-state index contributed by atoms with van der Waals surface area (Å²) in [6.07, 6.45) is 5.85. The topological polar surface area (TPSA) is 43.0 Å². The summed E-state index contributed by atoms with van der Waals surface area (Å²) in [4.78, 5) is 19.2. The molecule has 4 heteroatoms. The van der Waals surface area contributed by atoms with Crippen molar-refractivity contribution in [3.63, 3.8) is 0 Å². The molecular weight excluding hydrogens is 536 g/mol. The van der Waals surface area contributed by atoms with Crippen LogP contribution in [0.3, 0.4) is 0 Å². The quantitative estimate of drug-likeness (QED) is 0.199. The van der Waals surface area contributed by atoms with Gasteiger partial charge < -0.3 is 0 Å². The zero-order valence-corrected chi connectivity index (χ0v) is 24.4. The average molecular weight is 567 g/mol. The van der Waals surface area contributed by atoms with Crippen LogP contribution >= 0.6 is 0 Å². The Morgan fingerprint density at radius 1 is 0.477 bits per heavy atom. The van der Waals surface area contributed by atoms with Gasteiger partial charge in [0.1, 0.15) is 0 Å². The highest BCUT2D eigenvalue weighted by Gasteiger charge is 2.45. The van der Waals surface area contributed by atoms with E-state index in [0.29, 0.717) is 23.2 Å². The van der Waals surface area contributed by atoms with E-state index in [-0.39, 0.29) is 5.41 Å². The van der Waals surface area contributed by atoms with Gasteiger partial charge in [-0.25, -0.2) is 19.8 Å². The summed E-state index contributed by atoms with van der Waals surface area (Å²) in [7, 11) is 0. The van der Waals surface area contributed by atoms with Crippen LogP contribution in [0.15, 0.2) is 121 Å². The van der Waals surface area contributed by atoms with Crippen LogP contribution in [0.25, 0.3) is 61.3 Å². The van der Waals surface area contributed by atoms with Gasteiger partial charge >= 0.3 is 0 Å². The molecule has 210 valence electrons. The molecule has 0 atom stereocenters. The predicted molar refractivity (Wildman–Crippen MR) is 177 cm³/mol. The molecule has 2 aliphatic rings. The molecule has 0 radical (unpaired) electrons. The van der Waals surface area contributed by atoms with E-state index in [4.69, 9.17) is 21.5 Å². The average Bonchev–Trinajstić information content (AvgIpc) is 3.38. The maximum atomic E-state index is 8.09. The van der Waals surface area contributed by atoms with Gasteiger partial charge in [0.25, 0.3) is 0 Å². The van der Waals surface area contributed by atoms with Gasteiger partial charge in [0, 0.05) is 22.1 Å². The number of hydrogen-bond acceptors (Lipinski definition) is 3. The molecule has 0 N–H and O–H groups in total. The number of rotatable bonds is 4. The fourth-order valence-corrected chi connectivity index (χ4v) is 7.32. The SMILES string of the molecule is [C-]#[N+]c1cccc2c1-c1c(-c3nc(-c4ccccc4)nc(-c4ccc(-c5ccccc5)cc4)n3)cccc1C21CCCCC1. The molecule has 1 saturated carbocycles. The standard InChI is InChI=1S/C40H30N4/c1-41-34-20-12-19-33-36(34)35-31(17-11-18-32(35)40(33)25-9-4-10-26-40)39-43-37(29-15-7-3-8-16-29)42-38(44-39)30-23-21-28(22-24-30)27-13-5-2-6-14-27/h2-3,5-8,11-24H,4,9-10,25-26H2. The van der Waals surface area contributed by atoms with E-state index in [1.165, 1.54) is 36.0 Å². The van der Waals surface area contributed by atoms with Crippen LogP contribution in [0.2, 0.25) is 0 Å². The van der Waals surface area contributed by atoms with E-state index < -0.39 is 0 Å². The summed E-state index contributed by atoms with van der Waals surface area (Å²) in [5.74, 6) is 1.91. The molecule has 5 aromatic carbocycles. The molecule has 0 bridgehead atoms. The van der Waals surface area contributed by atoms with Crippen molar-refractivity contribution in [1.29, 1.82) is 0 Å². The molecule has 1 spiro atoms. The van der Waals surface area contributed by atoms with Crippen molar-refractivity contribution in [2.75, 3.05) is 0 Å². The highest BCUT2D eigenvalue weighted by molar-refractivity contribution is 5.97. The predicted octanol–water partition coefficient (Wildman–Crippen LogP) is 10.3. The first-order valence-corrected chi connectivity index (χ1v) is 15.4. The zero-order chi connectivity index (χ0) is 29.5. The molecule has 1 fully saturated rings. The van der Waals surface area contributed by atoms with Crippen molar-refractivity contribution >= 4 is 5.69 Å². The molecule has 4 nitrogen and oxygen atoms in total. The number of nitrogens with zero attached hydrogens (tertiary/aromatic N) is 4. The summed E-state index contributed by atoms with van der Waals surface area (Å²) >= 11 is 0. The van der Waals surface area contributed by atoms with E-state index in [1.54, 1.807) is 0 Å². The van der Waals surface area contributed by atoms with E-state index in [9.17, 15) is 0 Å². The summed E-state index contributed by atoms with van der Waals surface area (Å²) in [6.45, 7) is 8.09. The Bertz CT molecular complexity index is 2030. The van der Waals surface area contributed by atoms with Crippen LogP contribution < -0.4 is 0 Å². The van der Waals surface area contributed by atoms with Crippen LogP contribution in [0.5, 0.6) is 0 Å². The largest absolute Gasteiger partial charge is 0.238 e. The third-order valence-corrected chi connectivity index (χ3v) is 9.37. The minimum absolute atomic E-state index is 0.0645. The van der Waals surface area contributed by atoms with Crippen molar-refractivity contribution in [3.05, 3.63) is 144 Å². The summed E-state index contributed by atoms with van der Waals surface area (Å²) in [6, 6.07) is 41.7. The first kappa shape index (κ1) is 26.2. The number of aromatic nitrogens is 3. The molecule has 8 rings (SSSR count). The lowest BCUT2D eigenvalue weighted by Crippen LogP contribution is -2.28. The summed E-state index contributed by atoms with van der Waals surface area (Å²) < 4.78 is 0. The number of hydrogen-bond donors (Lipinski definition) is 0. The highest BCUT2D eigenvalue weighted by atomic mass is 15.0. The van der Waals surface area contributed by atoms with Crippen LogP contribution in [-0.4, -0.2) is 15.0 Å². The molecule has 2 aliphatic carbocycles. The van der Waals surface area contributed by atoms with Gasteiger partial charge in [-0.3, -0.25) is 0 Å². The van der Waals surface area contributed by atoms with Gasteiger partial charge in [-0.05, 0) is 46.2 Å². The molecule has 0 amide bonds. The molecule has 44 heavy (non-hydrogen) atoms. The normalized spacial score (nSPS) is 14.5. The smallest absolute Gasteiger partial charge is 0.195 e. The van der Waals surface area contributed by atoms with E-state index in [1.807, 2.05) is 42.5 Å². The van der Waals surface area contributed by atoms with Crippen molar-refractivity contribution in [1.82, 2.24) is 15.0 Å². The lowest BCUT2D eigenvalue weighted by Gasteiger charge is -2.36. The van der Waals surface area contributed by atoms with Gasteiger partial charge in [-0.2, -0.15) is 0 Å². The van der Waals surface area contributed by atoms with Gasteiger partial charge in [0.2, 0.25) is 0 Å². The molecule has 6 aromatic rings. The van der Waals surface area contributed by atoms with E-state index in [2.05, 4.69) is 83.7 Å². The highest BCUT2D eigenvalue weighted by Crippen LogP contribution is 2.59. The Morgan fingerprint density at radius 2 is 1.00 bits per heavy atom. The minimum Gasteiger partial charge on any atom is -0.238 e. The zero-order valence-electron chi connectivity index (χ0n) is 24.4. The van der Waals surface area contributed by atoms with Gasteiger partial charge in [0.05, 0.1) is 6.57 Å².